The van der Waals surface area contributed by atoms with Crippen LogP contribution < -0.4 is 15.4 Å². The average Bonchev–Trinajstić information content (AvgIpc) is 3.24. The normalized spacial score (nSPS) is 17.5. The number of aryl methyl sites for hydroxylation is 3. The third-order valence-electron chi connectivity index (χ3n) is 6.01. The van der Waals surface area contributed by atoms with Gasteiger partial charge in [0.15, 0.2) is 5.17 Å². The van der Waals surface area contributed by atoms with Crippen molar-refractivity contribution in [1.82, 2.24) is 0 Å². The van der Waals surface area contributed by atoms with Gasteiger partial charge in [0.05, 0.1) is 11.9 Å². The molecular weight excluding hydrogens is 537 g/mol. The van der Waals surface area contributed by atoms with Crippen molar-refractivity contribution in [3.05, 3.63) is 88.5 Å². The quantitative estimate of drug-likeness (QED) is 0.191. The number of anilines is 1. The minimum absolute atomic E-state index is 0.236. The van der Waals surface area contributed by atoms with E-state index in [1.807, 2.05) is 24.3 Å². The van der Waals surface area contributed by atoms with Crippen LogP contribution in [0.3, 0.4) is 0 Å². The molecule has 7 nitrogen and oxygen atoms in total. The highest BCUT2D eigenvalue weighted by Gasteiger charge is 2.31. The Kier molecular flexibility index (Phi) is 8.93. The van der Waals surface area contributed by atoms with Gasteiger partial charge in [0.1, 0.15) is 17.9 Å². The number of aliphatic imine (C=N–C) groups is 2. The second kappa shape index (κ2) is 12.4. The summed E-state index contributed by atoms with van der Waals surface area (Å²) in [7, 11) is 0. The molecule has 0 spiro atoms. The Labute approximate surface area is 235 Å². The Balaban J connectivity index is 1.40. The molecule has 11 heteroatoms. The van der Waals surface area contributed by atoms with Crippen molar-refractivity contribution in [2.24, 2.45) is 25.9 Å². The van der Waals surface area contributed by atoms with Gasteiger partial charge in [-0.05, 0) is 68.7 Å². The van der Waals surface area contributed by atoms with Crippen LogP contribution in [-0.2, 0) is 0 Å². The highest BCUT2D eigenvalue weighted by atomic mass is 32.2. The average molecular weight is 567 g/mol. The molecule has 0 saturated carbocycles. The van der Waals surface area contributed by atoms with Crippen molar-refractivity contribution in [3.63, 3.8) is 0 Å². The summed E-state index contributed by atoms with van der Waals surface area (Å²) in [6.45, 7) is 8.55. The first-order valence-electron chi connectivity index (χ1n) is 12.4. The molecule has 2 N–H and O–H groups in total. The van der Waals surface area contributed by atoms with Crippen molar-refractivity contribution >= 4 is 46.7 Å². The van der Waals surface area contributed by atoms with Gasteiger partial charge in [-0.3, -0.25) is 0 Å². The minimum atomic E-state index is -4.74. The molecule has 0 radical (unpaired) electrons. The highest BCUT2D eigenvalue weighted by Crippen LogP contribution is 2.35. The van der Waals surface area contributed by atoms with Gasteiger partial charge in [0.25, 0.3) is 0 Å². The molecular formula is C29H29F3N6OS. The largest absolute Gasteiger partial charge is 0.573 e. The lowest BCUT2D eigenvalue weighted by molar-refractivity contribution is -0.274. The number of nitrogens with zero attached hydrogens (tertiary/aromatic N) is 5. The summed E-state index contributed by atoms with van der Waals surface area (Å²) in [5, 5.41) is 9.74. The van der Waals surface area contributed by atoms with Crippen molar-refractivity contribution in [1.29, 1.82) is 0 Å². The molecule has 3 aromatic rings. The van der Waals surface area contributed by atoms with Gasteiger partial charge in [0, 0.05) is 23.0 Å². The van der Waals surface area contributed by atoms with E-state index < -0.39 is 6.36 Å². The van der Waals surface area contributed by atoms with E-state index in [2.05, 4.69) is 69.7 Å². The third kappa shape index (κ3) is 7.50. The van der Waals surface area contributed by atoms with E-state index in [4.69, 9.17) is 5.73 Å². The summed E-state index contributed by atoms with van der Waals surface area (Å²) >= 11 is 1.69. The number of hydrogen-bond acceptors (Lipinski definition) is 5. The van der Waals surface area contributed by atoms with Crippen LogP contribution >= 0.6 is 11.8 Å². The van der Waals surface area contributed by atoms with E-state index in [-0.39, 0.29) is 11.6 Å². The van der Waals surface area contributed by atoms with E-state index >= 15 is 0 Å². The third-order valence-corrected chi connectivity index (χ3v) is 7.19. The van der Waals surface area contributed by atoms with Gasteiger partial charge in [-0.25, -0.2) is 9.98 Å². The first-order chi connectivity index (χ1) is 19.0. The highest BCUT2D eigenvalue weighted by molar-refractivity contribution is 8.14. The molecule has 0 aromatic heterocycles. The Bertz CT molecular complexity index is 1440. The standard InChI is InChI=1S/C29H29F3N6OS/c1-18-13-19(2)26(20(3)14-18)38-21(4)16-40-28(38)37-36-15-22-5-7-23(8-6-22)27(33)35-17-34-24-9-11-25(12-10-24)39-29(30,31)32/h5-15,17,21H,16H2,1-4H3,(H2,33,34,35)/b36-15-,37-28+. The number of benzene rings is 3. The Morgan fingerprint density at radius 3 is 2.30 bits per heavy atom. The van der Waals surface area contributed by atoms with Crippen LogP contribution in [0.5, 0.6) is 5.75 Å². The summed E-state index contributed by atoms with van der Waals surface area (Å²) in [5.41, 5.74) is 12.9. The maximum absolute atomic E-state index is 12.3. The van der Waals surface area contributed by atoms with Crippen LogP contribution in [0.15, 0.2) is 80.9 Å². The van der Waals surface area contributed by atoms with Crippen molar-refractivity contribution in [2.75, 3.05) is 10.7 Å². The lowest BCUT2D eigenvalue weighted by Gasteiger charge is -2.27. The summed E-state index contributed by atoms with van der Waals surface area (Å²) < 4.78 is 40.6. The van der Waals surface area contributed by atoms with Crippen molar-refractivity contribution < 1.29 is 17.9 Å². The molecule has 1 unspecified atom stereocenters. The molecule has 1 atom stereocenters. The van der Waals surface area contributed by atoms with Crippen LogP contribution in [0.4, 0.5) is 24.5 Å². The Morgan fingerprint density at radius 2 is 1.68 bits per heavy atom. The maximum atomic E-state index is 12.3. The van der Waals surface area contributed by atoms with E-state index in [0.29, 0.717) is 17.3 Å². The molecule has 40 heavy (non-hydrogen) atoms. The molecule has 1 heterocycles. The monoisotopic (exact) mass is 566 g/mol. The molecule has 1 saturated heterocycles. The fourth-order valence-electron chi connectivity index (χ4n) is 4.32. The van der Waals surface area contributed by atoms with Crippen LogP contribution in [0.1, 0.15) is 34.7 Å². The van der Waals surface area contributed by atoms with Gasteiger partial charge >= 0.3 is 6.36 Å². The first kappa shape index (κ1) is 28.9. The maximum Gasteiger partial charge on any atom is 0.573 e. The Hall–Kier alpha value is -4.12. The molecule has 0 bridgehead atoms. The number of hydrogen-bond donors (Lipinski definition) is 1. The van der Waals surface area contributed by atoms with Crippen molar-refractivity contribution in [3.8, 4) is 5.75 Å². The fraction of sp³-hybridized carbons (Fsp3) is 0.241. The predicted octanol–water partition coefficient (Wildman–Crippen LogP) is 6.91. The van der Waals surface area contributed by atoms with Crippen LogP contribution in [0, 0.1) is 20.8 Å². The summed E-state index contributed by atoms with van der Waals surface area (Å²) in [5.74, 6) is 0.852. The SMILES string of the molecule is Cc1cc(C)c(N2/C(=N\N=C/c3ccc(C(N)=NC=Nc4ccc(OC(F)(F)F)cc4)cc3)SCC2C)c(C)c1. The lowest BCUT2D eigenvalue weighted by atomic mass is 10.0. The number of nitrogens with two attached hydrogens (primary N) is 1. The Morgan fingerprint density at radius 1 is 1.02 bits per heavy atom. The number of amidine groups is 2. The molecule has 1 aliphatic rings. The topological polar surface area (TPSA) is 87.9 Å². The second-order valence-electron chi connectivity index (χ2n) is 9.33. The number of alkyl halides is 3. The lowest BCUT2D eigenvalue weighted by Crippen LogP contribution is -2.32. The zero-order chi connectivity index (χ0) is 28.9. The van der Waals surface area contributed by atoms with Crippen LogP contribution in [0.2, 0.25) is 0 Å². The zero-order valence-corrected chi connectivity index (χ0v) is 23.3. The smallest absolute Gasteiger partial charge is 0.406 e. The predicted molar refractivity (Wildman–Crippen MR) is 159 cm³/mol. The van der Waals surface area contributed by atoms with Gasteiger partial charge in [0.2, 0.25) is 0 Å². The number of halogens is 3. The second-order valence-corrected chi connectivity index (χ2v) is 10.3. The van der Waals surface area contributed by atoms with Gasteiger partial charge in [-0.1, -0.05) is 53.7 Å². The van der Waals surface area contributed by atoms with E-state index in [1.165, 1.54) is 53.0 Å². The zero-order valence-electron chi connectivity index (χ0n) is 22.5. The first-order valence-corrected chi connectivity index (χ1v) is 13.4. The summed E-state index contributed by atoms with van der Waals surface area (Å²) in [4.78, 5) is 10.5. The molecule has 0 amide bonds. The van der Waals surface area contributed by atoms with Gasteiger partial charge in [-0.2, -0.15) is 5.10 Å². The van der Waals surface area contributed by atoms with Crippen LogP contribution in [-0.4, -0.2) is 41.7 Å². The molecule has 1 fully saturated rings. The van der Waals surface area contributed by atoms with Crippen molar-refractivity contribution in [2.45, 2.75) is 40.1 Å². The van der Waals surface area contributed by atoms with Gasteiger partial charge < -0.3 is 15.4 Å². The van der Waals surface area contributed by atoms with E-state index in [9.17, 15) is 13.2 Å². The minimum Gasteiger partial charge on any atom is -0.406 e. The summed E-state index contributed by atoms with van der Waals surface area (Å²) in [6.07, 6.45) is -1.81. The number of rotatable bonds is 7. The number of thioether (sulfide) groups is 1. The molecule has 1 aliphatic heterocycles. The summed E-state index contributed by atoms with van der Waals surface area (Å²) in [6, 6.07) is 17.1. The number of ether oxygens (including phenoxy) is 1. The molecule has 4 rings (SSSR count). The van der Waals surface area contributed by atoms with E-state index in [1.54, 1.807) is 18.0 Å². The molecule has 208 valence electrons. The molecule has 0 aliphatic carbocycles. The van der Waals surface area contributed by atoms with Crippen LogP contribution in [0.25, 0.3) is 0 Å². The fourth-order valence-corrected chi connectivity index (χ4v) is 5.38. The van der Waals surface area contributed by atoms with E-state index in [0.717, 1.165) is 16.5 Å². The van der Waals surface area contributed by atoms with Gasteiger partial charge in [-0.15, -0.1) is 18.3 Å². The molecule has 3 aromatic carbocycles.